The number of fused-ring (bicyclic) bond motifs is 5. The van der Waals surface area contributed by atoms with Crippen LogP contribution in [-0.4, -0.2) is 23.6 Å². The van der Waals surface area contributed by atoms with E-state index in [-0.39, 0.29) is 40.8 Å². The van der Waals surface area contributed by atoms with Crippen LogP contribution in [0.2, 0.25) is 0 Å². The van der Waals surface area contributed by atoms with E-state index in [1.165, 1.54) is 0 Å². The molecule has 4 aliphatic rings. The minimum atomic E-state index is -0.424. The zero-order valence-corrected chi connectivity index (χ0v) is 19.5. The van der Waals surface area contributed by atoms with Crippen molar-refractivity contribution >= 4 is 23.6 Å². The summed E-state index contributed by atoms with van der Waals surface area (Å²) in [6.07, 6.45) is 7.27. The van der Waals surface area contributed by atoms with E-state index in [0.29, 0.717) is 49.6 Å². The van der Waals surface area contributed by atoms with E-state index in [2.05, 4.69) is 20.8 Å². The van der Waals surface area contributed by atoms with Gasteiger partial charge in [0.1, 0.15) is 23.6 Å². The number of carbonyl (C=O) groups is 4. The van der Waals surface area contributed by atoms with E-state index in [0.717, 1.165) is 32.0 Å². The maximum Gasteiger partial charge on any atom is 0.139 e. The van der Waals surface area contributed by atoms with Gasteiger partial charge in [0.15, 0.2) is 0 Å². The van der Waals surface area contributed by atoms with Crippen LogP contribution >= 0.6 is 0 Å². The molecule has 8 unspecified atom stereocenters. The van der Waals surface area contributed by atoms with E-state index in [4.69, 9.17) is 0 Å². The van der Waals surface area contributed by atoms with Crippen LogP contribution in [0.15, 0.2) is 0 Å². The molecular weight excluding hydrogens is 376 g/mol. The Kier molecular flexibility index (Phi) is 6.74. The van der Waals surface area contributed by atoms with Gasteiger partial charge in [-0.15, -0.1) is 0 Å². The molecule has 4 nitrogen and oxygen atoms in total. The van der Waals surface area contributed by atoms with E-state index in [9.17, 15) is 19.2 Å². The molecule has 0 amide bonds. The van der Waals surface area contributed by atoms with Crippen LogP contribution in [0, 0.1) is 46.3 Å². The molecule has 0 bridgehead atoms. The lowest BCUT2D eigenvalue weighted by Gasteiger charge is -2.58. The third-order valence-corrected chi connectivity index (χ3v) is 9.64. The van der Waals surface area contributed by atoms with Crippen molar-refractivity contribution in [3.63, 3.8) is 0 Å². The zero-order valence-electron chi connectivity index (χ0n) is 19.5. The molecule has 0 saturated heterocycles. The van der Waals surface area contributed by atoms with Crippen LogP contribution in [0.3, 0.4) is 0 Å². The monoisotopic (exact) mass is 416 g/mol. The first-order valence-corrected chi connectivity index (χ1v) is 12.2. The number of Topliss-reactive ketones (excluding diaryl/α,β-unsaturated/α-hetero) is 3. The van der Waals surface area contributed by atoms with Gasteiger partial charge in [0.25, 0.3) is 0 Å². The molecule has 4 saturated carbocycles. The molecule has 0 aromatic carbocycles. The topological polar surface area (TPSA) is 68.3 Å². The Morgan fingerprint density at radius 2 is 1.73 bits per heavy atom. The second-order valence-electron chi connectivity index (χ2n) is 10.7. The number of carbonyl (C=O) groups excluding carboxylic acids is 4. The van der Waals surface area contributed by atoms with E-state index >= 15 is 0 Å². The van der Waals surface area contributed by atoms with Crippen LogP contribution in [-0.2, 0) is 19.2 Å². The molecule has 8 atom stereocenters. The van der Waals surface area contributed by atoms with Crippen molar-refractivity contribution in [2.45, 2.75) is 92.4 Å². The number of rotatable bonds is 4. The van der Waals surface area contributed by atoms with Gasteiger partial charge < -0.3 is 4.79 Å². The molecule has 4 rings (SSSR count). The molecule has 0 radical (unpaired) electrons. The molecular formula is C26H40O4. The van der Waals surface area contributed by atoms with E-state index < -0.39 is 5.41 Å². The van der Waals surface area contributed by atoms with Crippen LogP contribution in [0.1, 0.15) is 92.4 Å². The van der Waals surface area contributed by atoms with Crippen molar-refractivity contribution in [1.29, 1.82) is 0 Å². The largest absolute Gasteiger partial charge is 0.303 e. The summed E-state index contributed by atoms with van der Waals surface area (Å²) in [6, 6.07) is 0. The van der Waals surface area contributed by atoms with E-state index in [1.807, 2.05) is 13.8 Å². The smallest absolute Gasteiger partial charge is 0.139 e. The summed E-state index contributed by atoms with van der Waals surface area (Å²) in [5.41, 5.74) is -0.475. The van der Waals surface area contributed by atoms with Crippen molar-refractivity contribution < 1.29 is 19.2 Å². The van der Waals surface area contributed by atoms with Gasteiger partial charge in [0, 0.05) is 43.4 Å². The minimum absolute atomic E-state index is 0.0135. The zero-order chi connectivity index (χ0) is 22.3. The normalized spacial score (nSPS) is 43.6. The third-order valence-electron chi connectivity index (χ3n) is 9.64. The maximum atomic E-state index is 13.6. The predicted molar refractivity (Wildman–Crippen MR) is 117 cm³/mol. The maximum absolute atomic E-state index is 13.6. The SMILES string of the molecule is CC.CC(CCC=O)C1CCC2C3C(=O)CC4CC(=O)CCC4(C)C3CC(=O)C12C. The molecule has 0 spiro atoms. The molecule has 0 aliphatic heterocycles. The number of ketones is 3. The van der Waals surface area contributed by atoms with Gasteiger partial charge in [0.05, 0.1) is 0 Å². The summed E-state index contributed by atoms with van der Waals surface area (Å²) in [5.74, 6) is 1.91. The molecule has 30 heavy (non-hydrogen) atoms. The van der Waals surface area contributed by atoms with E-state index in [1.54, 1.807) is 0 Å². The van der Waals surface area contributed by atoms with Crippen LogP contribution in [0.4, 0.5) is 0 Å². The number of aldehydes is 1. The fourth-order valence-electron chi connectivity index (χ4n) is 7.92. The molecule has 168 valence electrons. The molecule has 0 aromatic heterocycles. The first-order valence-electron chi connectivity index (χ1n) is 12.2. The first-order chi connectivity index (χ1) is 14.2. The fourth-order valence-corrected chi connectivity index (χ4v) is 7.92. The van der Waals surface area contributed by atoms with Gasteiger partial charge in [-0.2, -0.15) is 0 Å². The lowest BCUT2D eigenvalue weighted by atomic mass is 9.44. The Hall–Kier alpha value is -1.32. The van der Waals surface area contributed by atoms with Crippen molar-refractivity contribution in [1.82, 2.24) is 0 Å². The highest BCUT2D eigenvalue weighted by Gasteiger charge is 2.66. The van der Waals surface area contributed by atoms with Gasteiger partial charge >= 0.3 is 0 Å². The summed E-state index contributed by atoms with van der Waals surface area (Å²) >= 11 is 0. The summed E-state index contributed by atoms with van der Waals surface area (Å²) in [6.45, 7) is 10.6. The summed E-state index contributed by atoms with van der Waals surface area (Å²) < 4.78 is 0. The van der Waals surface area contributed by atoms with Crippen molar-refractivity contribution in [2.75, 3.05) is 0 Å². The van der Waals surface area contributed by atoms with Gasteiger partial charge in [-0.1, -0.05) is 34.6 Å². The predicted octanol–water partition coefficient (Wildman–Crippen LogP) is 5.21. The molecule has 0 aromatic rings. The number of hydrogen-bond donors (Lipinski definition) is 0. The molecule has 4 aliphatic carbocycles. The second kappa shape index (κ2) is 8.67. The number of hydrogen-bond acceptors (Lipinski definition) is 4. The highest BCUT2D eigenvalue weighted by molar-refractivity contribution is 5.93. The van der Waals surface area contributed by atoms with Crippen molar-refractivity contribution in [3.8, 4) is 0 Å². The Balaban J connectivity index is 0.00000124. The fraction of sp³-hybridized carbons (Fsp3) is 0.846. The van der Waals surface area contributed by atoms with Crippen molar-refractivity contribution in [3.05, 3.63) is 0 Å². The average molecular weight is 417 g/mol. The second-order valence-corrected chi connectivity index (χ2v) is 10.7. The molecule has 4 heteroatoms. The summed E-state index contributed by atoms with van der Waals surface area (Å²) in [4.78, 5) is 49.7. The van der Waals surface area contributed by atoms with Gasteiger partial charge in [-0.05, 0) is 60.7 Å². The highest BCUT2D eigenvalue weighted by atomic mass is 16.1. The lowest BCUT2D eigenvalue weighted by molar-refractivity contribution is -0.166. The lowest BCUT2D eigenvalue weighted by Crippen LogP contribution is -2.60. The molecule has 0 N–H and O–H groups in total. The Morgan fingerprint density at radius 1 is 1.03 bits per heavy atom. The standard InChI is InChI=1S/C24H34O4.C2H6/c1-14(5-4-10-25)17-6-7-18-22-19(13-21(28)24(17,18)3)23(2)9-8-16(26)11-15(23)12-20(22)27;1-2/h10,14-15,17-19,22H,4-9,11-13H2,1-3H3;1-2H3. The minimum Gasteiger partial charge on any atom is -0.303 e. The Labute approximate surface area is 181 Å². The highest BCUT2D eigenvalue weighted by Crippen LogP contribution is 2.66. The molecule has 0 heterocycles. The third kappa shape index (κ3) is 3.42. The Bertz CT molecular complexity index is 712. The molecule has 4 fully saturated rings. The van der Waals surface area contributed by atoms with Crippen LogP contribution < -0.4 is 0 Å². The summed E-state index contributed by atoms with van der Waals surface area (Å²) in [5, 5.41) is 0. The van der Waals surface area contributed by atoms with Crippen molar-refractivity contribution in [2.24, 2.45) is 46.3 Å². The van der Waals surface area contributed by atoms with Crippen LogP contribution in [0.5, 0.6) is 0 Å². The van der Waals surface area contributed by atoms with Gasteiger partial charge in [0.2, 0.25) is 0 Å². The van der Waals surface area contributed by atoms with Crippen LogP contribution in [0.25, 0.3) is 0 Å². The average Bonchev–Trinajstić information content (AvgIpc) is 3.08. The Morgan fingerprint density at radius 3 is 2.40 bits per heavy atom. The summed E-state index contributed by atoms with van der Waals surface area (Å²) in [7, 11) is 0. The first kappa shape index (κ1) is 23.3. The quantitative estimate of drug-likeness (QED) is 0.590. The van der Waals surface area contributed by atoms with Gasteiger partial charge in [-0.3, -0.25) is 14.4 Å². The van der Waals surface area contributed by atoms with Gasteiger partial charge in [-0.25, -0.2) is 0 Å².